The normalized spacial score (nSPS) is 15.2. The largest absolute Gasteiger partial charge is 0.508 e. The summed E-state index contributed by atoms with van der Waals surface area (Å²) >= 11 is 0. The number of hydrogen-bond acceptors (Lipinski definition) is 3. The van der Waals surface area contributed by atoms with Crippen molar-refractivity contribution in [2.24, 2.45) is 5.73 Å². The molecule has 0 atom stereocenters. The van der Waals surface area contributed by atoms with Crippen LogP contribution in [0.25, 0.3) is 0 Å². The van der Waals surface area contributed by atoms with E-state index in [0.717, 1.165) is 29.9 Å². The zero-order valence-corrected chi connectivity index (χ0v) is 9.02. The Hall–Kier alpha value is -1.90. The molecule has 3 nitrogen and oxygen atoms in total. The van der Waals surface area contributed by atoms with Gasteiger partial charge in [-0.25, -0.2) is 0 Å². The first-order valence-electron chi connectivity index (χ1n) is 5.32. The number of ether oxygens (including phenoxy) is 1. The van der Waals surface area contributed by atoms with Crippen molar-refractivity contribution in [2.45, 2.75) is 19.4 Å². The van der Waals surface area contributed by atoms with Gasteiger partial charge in [-0.05, 0) is 25.0 Å². The first kappa shape index (κ1) is 10.6. The summed E-state index contributed by atoms with van der Waals surface area (Å²) in [4.78, 5) is 0. The number of nitrogens with two attached hydrogens (primary N) is 1. The minimum Gasteiger partial charge on any atom is -0.508 e. The van der Waals surface area contributed by atoms with Crippen LogP contribution in [0, 0.1) is 0 Å². The average molecular weight is 217 g/mol. The van der Waals surface area contributed by atoms with Crippen molar-refractivity contribution in [2.75, 3.05) is 0 Å². The molecule has 0 aliphatic heterocycles. The molecule has 3 N–H and O–H groups in total. The van der Waals surface area contributed by atoms with Crippen molar-refractivity contribution in [1.82, 2.24) is 0 Å². The van der Waals surface area contributed by atoms with Crippen molar-refractivity contribution in [3.05, 3.63) is 53.4 Å². The number of rotatable bonds is 3. The van der Waals surface area contributed by atoms with Crippen LogP contribution in [0.3, 0.4) is 0 Å². The Balaban J connectivity index is 2.03. The standard InChI is InChI=1S/C13H15NO2/c14-11-6-2-4-8-13(11)16-9-10-5-1-3-7-12(10)15/h1,3-5,7-8,15H,2,6,9,14H2. The van der Waals surface area contributed by atoms with Gasteiger partial charge < -0.3 is 15.6 Å². The van der Waals surface area contributed by atoms with Crippen molar-refractivity contribution in [3.8, 4) is 5.75 Å². The monoisotopic (exact) mass is 217 g/mol. The summed E-state index contributed by atoms with van der Waals surface area (Å²) in [5, 5.41) is 9.56. The van der Waals surface area contributed by atoms with Crippen molar-refractivity contribution in [1.29, 1.82) is 0 Å². The molecule has 0 aromatic heterocycles. The van der Waals surface area contributed by atoms with Gasteiger partial charge in [0, 0.05) is 5.56 Å². The number of phenols is 1. The second kappa shape index (κ2) is 4.75. The first-order valence-corrected chi connectivity index (χ1v) is 5.32. The van der Waals surface area contributed by atoms with Crippen LogP contribution in [-0.2, 0) is 11.3 Å². The van der Waals surface area contributed by atoms with E-state index in [4.69, 9.17) is 10.5 Å². The fourth-order valence-electron chi connectivity index (χ4n) is 1.59. The van der Waals surface area contributed by atoms with Gasteiger partial charge >= 0.3 is 0 Å². The van der Waals surface area contributed by atoms with Gasteiger partial charge in [0.05, 0.1) is 5.70 Å². The highest BCUT2D eigenvalue weighted by Gasteiger charge is 2.07. The Bertz CT molecular complexity index is 435. The summed E-state index contributed by atoms with van der Waals surface area (Å²) in [6.45, 7) is 0.340. The van der Waals surface area contributed by atoms with E-state index in [1.54, 1.807) is 12.1 Å². The smallest absolute Gasteiger partial charge is 0.138 e. The Morgan fingerprint density at radius 3 is 2.88 bits per heavy atom. The summed E-state index contributed by atoms with van der Waals surface area (Å²) in [7, 11) is 0. The van der Waals surface area contributed by atoms with E-state index in [1.165, 1.54) is 0 Å². The lowest BCUT2D eigenvalue weighted by Crippen LogP contribution is -2.07. The number of phenolic OH excluding ortho intramolecular Hbond substituents is 1. The molecular formula is C13H15NO2. The third kappa shape index (κ3) is 2.37. The number of benzene rings is 1. The number of para-hydroxylation sites is 1. The predicted molar refractivity (Wildman–Crippen MR) is 62.5 cm³/mol. The lowest BCUT2D eigenvalue weighted by Gasteiger charge is -2.14. The van der Waals surface area contributed by atoms with Crippen LogP contribution in [-0.4, -0.2) is 5.11 Å². The van der Waals surface area contributed by atoms with E-state index in [2.05, 4.69) is 0 Å². The molecule has 0 bridgehead atoms. The van der Waals surface area contributed by atoms with Gasteiger partial charge in [0.15, 0.2) is 0 Å². The molecule has 1 aliphatic carbocycles. The molecule has 0 saturated heterocycles. The maximum atomic E-state index is 9.56. The quantitative estimate of drug-likeness (QED) is 0.817. The summed E-state index contributed by atoms with van der Waals surface area (Å²) in [5.41, 5.74) is 7.36. The van der Waals surface area contributed by atoms with Crippen LogP contribution in [0.1, 0.15) is 18.4 Å². The Morgan fingerprint density at radius 1 is 1.31 bits per heavy atom. The van der Waals surface area contributed by atoms with Gasteiger partial charge in [-0.15, -0.1) is 0 Å². The molecule has 0 radical (unpaired) electrons. The van der Waals surface area contributed by atoms with Crippen LogP contribution in [0.15, 0.2) is 47.9 Å². The lowest BCUT2D eigenvalue weighted by molar-refractivity contribution is 0.202. The van der Waals surface area contributed by atoms with E-state index in [9.17, 15) is 5.11 Å². The molecule has 0 spiro atoms. The van der Waals surface area contributed by atoms with E-state index < -0.39 is 0 Å². The number of allylic oxidation sites excluding steroid dienone is 3. The zero-order valence-electron chi connectivity index (χ0n) is 9.02. The zero-order chi connectivity index (χ0) is 11.4. The summed E-state index contributed by atoms with van der Waals surface area (Å²) in [6.07, 6.45) is 5.73. The molecule has 2 rings (SSSR count). The topological polar surface area (TPSA) is 55.5 Å². The third-order valence-corrected chi connectivity index (χ3v) is 2.54. The molecule has 0 unspecified atom stereocenters. The van der Waals surface area contributed by atoms with Crippen LogP contribution in [0.4, 0.5) is 0 Å². The molecule has 3 heteroatoms. The van der Waals surface area contributed by atoms with E-state index in [1.807, 2.05) is 24.3 Å². The molecule has 16 heavy (non-hydrogen) atoms. The molecule has 0 saturated carbocycles. The predicted octanol–water partition coefficient (Wildman–Crippen LogP) is 2.43. The number of aromatic hydroxyl groups is 1. The SMILES string of the molecule is NC1=C(OCc2ccccc2O)C=CCC1. The lowest BCUT2D eigenvalue weighted by atomic mass is 10.1. The first-order chi connectivity index (χ1) is 7.77. The molecule has 0 heterocycles. The highest BCUT2D eigenvalue weighted by Crippen LogP contribution is 2.21. The van der Waals surface area contributed by atoms with E-state index in [-0.39, 0.29) is 5.75 Å². The second-order valence-electron chi connectivity index (χ2n) is 3.75. The van der Waals surface area contributed by atoms with Crippen molar-refractivity contribution >= 4 is 0 Å². The Kier molecular flexibility index (Phi) is 3.15. The fourth-order valence-corrected chi connectivity index (χ4v) is 1.59. The number of hydrogen-bond donors (Lipinski definition) is 2. The molecule has 1 aromatic rings. The Labute approximate surface area is 94.8 Å². The summed E-state index contributed by atoms with van der Waals surface area (Å²) < 4.78 is 5.57. The van der Waals surface area contributed by atoms with Gasteiger partial charge in [0.25, 0.3) is 0 Å². The van der Waals surface area contributed by atoms with Crippen LogP contribution in [0.5, 0.6) is 5.75 Å². The highest BCUT2D eigenvalue weighted by atomic mass is 16.5. The van der Waals surface area contributed by atoms with Gasteiger partial charge in [-0.1, -0.05) is 24.3 Å². The molecule has 1 aromatic carbocycles. The maximum Gasteiger partial charge on any atom is 0.138 e. The molecule has 84 valence electrons. The van der Waals surface area contributed by atoms with Crippen molar-refractivity contribution in [3.63, 3.8) is 0 Å². The van der Waals surface area contributed by atoms with E-state index in [0.29, 0.717) is 6.61 Å². The minimum atomic E-state index is 0.251. The van der Waals surface area contributed by atoms with Gasteiger partial charge in [-0.3, -0.25) is 0 Å². The Morgan fingerprint density at radius 2 is 2.12 bits per heavy atom. The molecular weight excluding hydrogens is 202 g/mol. The second-order valence-corrected chi connectivity index (χ2v) is 3.75. The maximum absolute atomic E-state index is 9.56. The van der Waals surface area contributed by atoms with Crippen molar-refractivity contribution < 1.29 is 9.84 Å². The fraction of sp³-hybridized carbons (Fsp3) is 0.231. The molecule has 0 fully saturated rings. The van der Waals surface area contributed by atoms with Crippen LogP contribution < -0.4 is 5.73 Å². The summed E-state index contributed by atoms with van der Waals surface area (Å²) in [5.74, 6) is 0.968. The molecule has 1 aliphatic rings. The highest BCUT2D eigenvalue weighted by molar-refractivity contribution is 5.31. The van der Waals surface area contributed by atoms with Gasteiger partial charge in [0.1, 0.15) is 18.1 Å². The van der Waals surface area contributed by atoms with Gasteiger partial charge in [0.2, 0.25) is 0 Å². The van der Waals surface area contributed by atoms with Crippen LogP contribution in [0.2, 0.25) is 0 Å². The third-order valence-electron chi connectivity index (χ3n) is 2.54. The van der Waals surface area contributed by atoms with E-state index >= 15 is 0 Å². The van der Waals surface area contributed by atoms with Gasteiger partial charge in [-0.2, -0.15) is 0 Å². The minimum absolute atomic E-state index is 0.251. The average Bonchev–Trinajstić information content (AvgIpc) is 2.30. The van der Waals surface area contributed by atoms with Crippen LogP contribution >= 0.6 is 0 Å². The summed E-state index contributed by atoms with van der Waals surface area (Å²) in [6, 6.07) is 7.13. The molecule has 0 amide bonds.